The van der Waals surface area contributed by atoms with Crippen LogP contribution in [0.4, 0.5) is 0 Å². The van der Waals surface area contributed by atoms with Gasteiger partial charge in [-0.25, -0.2) is 13.1 Å². The van der Waals surface area contributed by atoms with E-state index in [1.54, 1.807) is 30.9 Å². The fourth-order valence-electron chi connectivity index (χ4n) is 1.78. The van der Waals surface area contributed by atoms with Gasteiger partial charge >= 0.3 is 0 Å². The Morgan fingerprint density at radius 2 is 2.11 bits per heavy atom. The summed E-state index contributed by atoms with van der Waals surface area (Å²) in [6.07, 6.45) is 3.01. The molecule has 0 aliphatic carbocycles. The molecule has 0 fully saturated rings. The Kier molecular flexibility index (Phi) is 3.72. The van der Waals surface area contributed by atoms with Crippen LogP contribution in [0.5, 0.6) is 0 Å². The van der Waals surface area contributed by atoms with Crippen LogP contribution in [0.25, 0.3) is 0 Å². The molecule has 0 saturated carbocycles. The molecular formula is C11H17N5O2S. The highest BCUT2D eigenvalue weighted by molar-refractivity contribution is 7.89. The van der Waals surface area contributed by atoms with Crippen LogP contribution in [0, 0.1) is 6.92 Å². The van der Waals surface area contributed by atoms with E-state index in [1.807, 2.05) is 6.92 Å². The average molecular weight is 283 g/mol. The van der Waals surface area contributed by atoms with Crippen LogP contribution in [0.2, 0.25) is 0 Å². The quantitative estimate of drug-likeness (QED) is 0.862. The second-order valence-corrected chi connectivity index (χ2v) is 5.92. The summed E-state index contributed by atoms with van der Waals surface area (Å²) in [6.45, 7) is 4.59. The molecule has 0 atom stereocenters. The Bertz CT molecular complexity index is 671. The molecule has 0 radical (unpaired) electrons. The van der Waals surface area contributed by atoms with Crippen molar-refractivity contribution in [2.45, 2.75) is 31.8 Å². The number of hydrogen-bond donors (Lipinski definition) is 1. The SMILES string of the molecule is CCn1nccc1CNS(=O)(=O)c1cnn(C)c1C. The number of nitrogens with one attached hydrogen (secondary N) is 1. The van der Waals surface area contributed by atoms with Crippen molar-refractivity contribution in [3.05, 3.63) is 29.8 Å². The minimum Gasteiger partial charge on any atom is -0.272 e. The molecular weight excluding hydrogens is 266 g/mol. The van der Waals surface area contributed by atoms with E-state index >= 15 is 0 Å². The van der Waals surface area contributed by atoms with Crippen LogP contribution >= 0.6 is 0 Å². The predicted octanol–water partition coefficient (Wildman–Crippen LogP) is 0.423. The van der Waals surface area contributed by atoms with Crippen molar-refractivity contribution in [1.82, 2.24) is 24.3 Å². The number of rotatable bonds is 5. The molecule has 0 amide bonds. The number of nitrogens with zero attached hydrogens (tertiary/aromatic N) is 4. The Hall–Kier alpha value is -1.67. The maximum atomic E-state index is 12.2. The second-order valence-electron chi connectivity index (χ2n) is 4.18. The highest BCUT2D eigenvalue weighted by atomic mass is 32.2. The van der Waals surface area contributed by atoms with Gasteiger partial charge in [0, 0.05) is 19.8 Å². The molecule has 2 aromatic rings. The lowest BCUT2D eigenvalue weighted by Crippen LogP contribution is -2.25. The van der Waals surface area contributed by atoms with Crippen molar-refractivity contribution in [1.29, 1.82) is 0 Å². The molecule has 1 N–H and O–H groups in total. The number of aromatic nitrogens is 4. The van der Waals surface area contributed by atoms with Crippen molar-refractivity contribution in [3.8, 4) is 0 Å². The lowest BCUT2D eigenvalue weighted by atomic mass is 10.4. The first kappa shape index (κ1) is 13.8. The standard InChI is InChI=1S/C11H17N5O2S/c1-4-16-10(5-6-12-16)7-14-19(17,18)11-8-13-15(3)9(11)2/h5-6,8,14H,4,7H2,1-3H3. The van der Waals surface area contributed by atoms with E-state index in [4.69, 9.17) is 0 Å². The molecule has 19 heavy (non-hydrogen) atoms. The van der Waals surface area contributed by atoms with Gasteiger partial charge in [-0.1, -0.05) is 0 Å². The van der Waals surface area contributed by atoms with Crippen LogP contribution in [0.3, 0.4) is 0 Å². The number of hydrogen-bond acceptors (Lipinski definition) is 4. The molecule has 0 aliphatic heterocycles. The molecule has 8 heteroatoms. The zero-order valence-corrected chi connectivity index (χ0v) is 12.0. The first-order chi connectivity index (χ1) is 8.95. The summed E-state index contributed by atoms with van der Waals surface area (Å²) in [4.78, 5) is 0.206. The fourth-order valence-corrected chi connectivity index (χ4v) is 2.98. The third-order valence-electron chi connectivity index (χ3n) is 3.03. The maximum Gasteiger partial charge on any atom is 0.244 e. The molecule has 0 saturated heterocycles. The number of sulfonamides is 1. The van der Waals surface area contributed by atoms with Gasteiger partial charge in [0.15, 0.2) is 0 Å². The molecule has 0 aromatic carbocycles. The highest BCUT2D eigenvalue weighted by Gasteiger charge is 2.20. The topological polar surface area (TPSA) is 81.8 Å². The summed E-state index contributed by atoms with van der Waals surface area (Å²) in [5.74, 6) is 0. The summed E-state index contributed by atoms with van der Waals surface area (Å²) in [5.41, 5.74) is 1.43. The van der Waals surface area contributed by atoms with Crippen LogP contribution in [0.15, 0.2) is 23.4 Å². The molecule has 2 heterocycles. The zero-order valence-electron chi connectivity index (χ0n) is 11.2. The van der Waals surface area contributed by atoms with Crippen molar-refractivity contribution in [2.75, 3.05) is 0 Å². The predicted molar refractivity (Wildman–Crippen MR) is 69.9 cm³/mol. The molecule has 0 aliphatic rings. The van der Waals surface area contributed by atoms with Gasteiger partial charge in [-0.2, -0.15) is 10.2 Å². The highest BCUT2D eigenvalue weighted by Crippen LogP contribution is 2.13. The molecule has 2 aromatic heterocycles. The van der Waals surface area contributed by atoms with Gasteiger partial charge < -0.3 is 0 Å². The normalized spacial score (nSPS) is 11.9. The fraction of sp³-hybridized carbons (Fsp3) is 0.455. The molecule has 0 spiro atoms. The minimum atomic E-state index is -3.55. The maximum absolute atomic E-state index is 12.2. The van der Waals surface area contributed by atoms with Crippen molar-refractivity contribution < 1.29 is 8.42 Å². The van der Waals surface area contributed by atoms with E-state index < -0.39 is 10.0 Å². The minimum absolute atomic E-state index is 0.206. The molecule has 0 unspecified atom stereocenters. The van der Waals surface area contributed by atoms with E-state index in [-0.39, 0.29) is 11.4 Å². The van der Waals surface area contributed by atoms with E-state index in [0.29, 0.717) is 12.2 Å². The van der Waals surface area contributed by atoms with Gasteiger partial charge in [0.05, 0.1) is 24.1 Å². The van der Waals surface area contributed by atoms with Gasteiger partial charge in [0.1, 0.15) is 4.90 Å². The second kappa shape index (κ2) is 5.14. The largest absolute Gasteiger partial charge is 0.272 e. The van der Waals surface area contributed by atoms with Gasteiger partial charge in [-0.15, -0.1) is 0 Å². The smallest absolute Gasteiger partial charge is 0.244 e. The van der Waals surface area contributed by atoms with E-state index in [2.05, 4.69) is 14.9 Å². The molecule has 2 rings (SSSR count). The molecule has 0 bridgehead atoms. The zero-order chi connectivity index (χ0) is 14.0. The van der Waals surface area contributed by atoms with Crippen molar-refractivity contribution in [2.24, 2.45) is 7.05 Å². The Balaban J connectivity index is 2.17. The van der Waals surface area contributed by atoms with Gasteiger partial charge in [0.25, 0.3) is 0 Å². The third-order valence-corrected chi connectivity index (χ3v) is 4.53. The monoisotopic (exact) mass is 283 g/mol. The number of aryl methyl sites for hydroxylation is 2. The van der Waals surface area contributed by atoms with Gasteiger partial charge in [0.2, 0.25) is 10.0 Å². The van der Waals surface area contributed by atoms with Crippen molar-refractivity contribution >= 4 is 10.0 Å². The van der Waals surface area contributed by atoms with E-state index in [0.717, 1.165) is 5.69 Å². The summed E-state index contributed by atoms with van der Waals surface area (Å²) in [5, 5.41) is 8.04. The first-order valence-corrected chi connectivity index (χ1v) is 7.43. The summed E-state index contributed by atoms with van der Waals surface area (Å²) in [7, 11) is -1.84. The van der Waals surface area contributed by atoms with E-state index in [9.17, 15) is 8.42 Å². The summed E-state index contributed by atoms with van der Waals surface area (Å²) < 4.78 is 30.2. The van der Waals surface area contributed by atoms with Crippen molar-refractivity contribution in [3.63, 3.8) is 0 Å². The summed E-state index contributed by atoms with van der Waals surface area (Å²) in [6, 6.07) is 1.79. The van der Waals surface area contributed by atoms with Crippen LogP contribution < -0.4 is 4.72 Å². The van der Waals surface area contributed by atoms with Crippen LogP contribution in [-0.2, 0) is 30.2 Å². The van der Waals surface area contributed by atoms with Crippen LogP contribution in [-0.4, -0.2) is 28.0 Å². The Labute approximate surface area is 112 Å². The molecule has 104 valence electrons. The Morgan fingerprint density at radius 3 is 2.68 bits per heavy atom. The summed E-state index contributed by atoms with van der Waals surface area (Å²) >= 11 is 0. The Morgan fingerprint density at radius 1 is 1.37 bits per heavy atom. The third kappa shape index (κ3) is 2.69. The first-order valence-electron chi connectivity index (χ1n) is 5.94. The van der Waals surface area contributed by atoms with Gasteiger partial charge in [-0.3, -0.25) is 9.36 Å². The molecule has 7 nitrogen and oxygen atoms in total. The lowest BCUT2D eigenvalue weighted by Gasteiger charge is -2.07. The van der Waals surface area contributed by atoms with Gasteiger partial charge in [-0.05, 0) is 19.9 Å². The average Bonchev–Trinajstić information content (AvgIpc) is 2.95. The lowest BCUT2D eigenvalue weighted by molar-refractivity contribution is 0.569. The van der Waals surface area contributed by atoms with Crippen LogP contribution in [0.1, 0.15) is 18.3 Å². The van der Waals surface area contributed by atoms with E-state index in [1.165, 1.54) is 10.9 Å².